The fourth-order valence-corrected chi connectivity index (χ4v) is 1.59. The summed E-state index contributed by atoms with van der Waals surface area (Å²) < 4.78 is 28.0. The Morgan fingerprint density at radius 2 is 2.27 bits per heavy atom. The molecule has 15 heavy (non-hydrogen) atoms. The molecule has 0 bridgehead atoms. The van der Waals surface area contributed by atoms with E-state index in [1.807, 2.05) is 6.08 Å². The van der Waals surface area contributed by atoms with Crippen LogP contribution in [0.3, 0.4) is 0 Å². The fraction of sp³-hybridized carbons (Fsp3) is 0.727. The maximum absolute atomic E-state index is 11.7. The molecule has 0 atom stereocenters. The monoisotopic (exact) mass is 218 g/mol. The molecule has 1 rings (SSSR count). The Kier molecular flexibility index (Phi) is 5.47. The van der Waals surface area contributed by atoms with Crippen LogP contribution in [0, 0.1) is 0 Å². The number of hydrogen-bond acceptors (Lipinski definition) is 2. The molecule has 1 aliphatic rings. The standard InChI is InChI=1S/C11H16F2O2/c12-11(13)8-15-7-6-10(14)9-4-2-1-3-5-9/h4,11H,1-3,5-8H2. The van der Waals surface area contributed by atoms with Gasteiger partial charge in [-0.3, -0.25) is 4.79 Å². The minimum absolute atomic E-state index is 0.0453. The van der Waals surface area contributed by atoms with Crippen LogP contribution in [0.2, 0.25) is 0 Å². The quantitative estimate of drug-likeness (QED) is 0.641. The topological polar surface area (TPSA) is 26.3 Å². The zero-order valence-corrected chi connectivity index (χ0v) is 8.68. The van der Waals surface area contributed by atoms with Gasteiger partial charge >= 0.3 is 0 Å². The highest BCUT2D eigenvalue weighted by Gasteiger charge is 2.12. The van der Waals surface area contributed by atoms with Gasteiger partial charge in [-0.05, 0) is 31.3 Å². The van der Waals surface area contributed by atoms with E-state index in [1.54, 1.807) is 0 Å². The summed E-state index contributed by atoms with van der Waals surface area (Å²) in [5, 5.41) is 0. The average Bonchev–Trinajstić information content (AvgIpc) is 2.25. The second kappa shape index (κ2) is 6.67. The number of alkyl halides is 2. The molecule has 0 amide bonds. The van der Waals surface area contributed by atoms with Crippen LogP contribution in [0.4, 0.5) is 8.78 Å². The highest BCUT2D eigenvalue weighted by Crippen LogP contribution is 2.18. The van der Waals surface area contributed by atoms with Crippen LogP contribution in [0.25, 0.3) is 0 Å². The zero-order chi connectivity index (χ0) is 11.1. The number of allylic oxidation sites excluding steroid dienone is 2. The van der Waals surface area contributed by atoms with Gasteiger partial charge in [-0.15, -0.1) is 0 Å². The SMILES string of the molecule is O=C(CCOCC(F)F)C1=CCCCC1. The predicted octanol–water partition coefficient (Wildman–Crippen LogP) is 2.73. The lowest BCUT2D eigenvalue weighted by Crippen LogP contribution is -2.11. The maximum atomic E-state index is 11.7. The molecule has 0 fully saturated rings. The van der Waals surface area contributed by atoms with E-state index in [0.717, 1.165) is 31.3 Å². The number of carbonyl (C=O) groups is 1. The largest absolute Gasteiger partial charge is 0.375 e. The second-order valence-corrected chi connectivity index (χ2v) is 3.61. The highest BCUT2D eigenvalue weighted by molar-refractivity contribution is 5.95. The van der Waals surface area contributed by atoms with E-state index in [9.17, 15) is 13.6 Å². The summed E-state index contributed by atoms with van der Waals surface area (Å²) in [4.78, 5) is 11.5. The molecular formula is C11H16F2O2. The van der Waals surface area contributed by atoms with Gasteiger partial charge in [0.05, 0.1) is 6.61 Å². The van der Waals surface area contributed by atoms with Crippen molar-refractivity contribution in [2.45, 2.75) is 38.5 Å². The highest BCUT2D eigenvalue weighted by atomic mass is 19.3. The van der Waals surface area contributed by atoms with Gasteiger partial charge in [-0.1, -0.05) is 6.08 Å². The first-order valence-corrected chi connectivity index (χ1v) is 5.28. The van der Waals surface area contributed by atoms with Gasteiger partial charge in [0.1, 0.15) is 6.61 Å². The molecule has 0 saturated carbocycles. The van der Waals surface area contributed by atoms with E-state index in [4.69, 9.17) is 0 Å². The molecule has 1 aliphatic carbocycles. The van der Waals surface area contributed by atoms with E-state index < -0.39 is 13.0 Å². The Balaban J connectivity index is 2.15. The first-order valence-electron chi connectivity index (χ1n) is 5.28. The molecule has 0 saturated heterocycles. The van der Waals surface area contributed by atoms with Crippen LogP contribution in [0.5, 0.6) is 0 Å². The number of carbonyl (C=O) groups excluding carboxylic acids is 1. The lowest BCUT2D eigenvalue weighted by atomic mass is 9.95. The molecule has 0 N–H and O–H groups in total. The number of halogens is 2. The molecule has 0 heterocycles. The van der Waals surface area contributed by atoms with Crippen molar-refractivity contribution in [3.63, 3.8) is 0 Å². The van der Waals surface area contributed by atoms with E-state index in [1.165, 1.54) is 0 Å². The summed E-state index contributed by atoms with van der Waals surface area (Å²) >= 11 is 0. The molecule has 2 nitrogen and oxygen atoms in total. The zero-order valence-electron chi connectivity index (χ0n) is 8.68. The van der Waals surface area contributed by atoms with Crippen molar-refractivity contribution in [3.05, 3.63) is 11.6 Å². The van der Waals surface area contributed by atoms with Crippen LogP contribution in [0.15, 0.2) is 11.6 Å². The van der Waals surface area contributed by atoms with Crippen molar-refractivity contribution in [1.29, 1.82) is 0 Å². The van der Waals surface area contributed by atoms with Crippen molar-refractivity contribution < 1.29 is 18.3 Å². The Morgan fingerprint density at radius 1 is 1.47 bits per heavy atom. The van der Waals surface area contributed by atoms with E-state index in [0.29, 0.717) is 0 Å². The number of Topliss-reactive ketones (excluding diaryl/α,β-unsaturated/α-hetero) is 1. The maximum Gasteiger partial charge on any atom is 0.261 e. The molecule has 0 aromatic carbocycles. The van der Waals surface area contributed by atoms with E-state index in [-0.39, 0.29) is 18.8 Å². The van der Waals surface area contributed by atoms with Gasteiger partial charge < -0.3 is 4.74 Å². The molecule has 0 aromatic heterocycles. The number of ether oxygens (including phenoxy) is 1. The van der Waals surface area contributed by atoms with Crippen molar-refractivity contribution in [3.8, 4) is 0 Å². The second-order valence-electron chi connectivity index (χ2n) is 3.61. The lowest BCUT2D eigenvalue weighted by Gasteiger charge is -2.11. The molecule has 86 valence electrons. The number of hydrogen-bond donors (Lipinski definition) is 0. The summed E-state index contributed by atoms with van der Waals surface area (Å²) in [6, 6.07) is 0. The van der Waals surface area contributed by atoms with Gasteiger partial charge in [0, 0.05) is 6.42 Å². The summed E-state index contributed by atoms with van der Waals surface area (Å²) in [6.45, 7) is -0.479. The van der Waals surface area contributed by atoms with Gasteiger partial charge in [0.15, 0.2) is 5.78 Å². The molecule has 4 heteroatoms. The van der Waals surface area contributed by atoms with Crippen molar-refractivity contribution >= 4 is 5.78 Å². The molecule has 0 aliphatic heterocycles. The molecule has 0 spiro atoms. The number of ketones is 1. The Bertz CT molecular complexity index is 237. The molecule has 0 aromatic rings. The van der Waals surface area contributed by atoms with Crippen molar-refractivity contribution in [2.75, 3.05) is 13.2 Å². The van der Waals surface area contributed by atoms with Gasteiger partial charge in [-0.25, -0.2) is 8.78 Å². The lowest BCUT2D eigenvalue weighted by molar-refractivity contribution is -0.117. The third-order valence-electron chi connectivity index (χ3n) is 2.37. The first-order chi connectivity index (χ1) is 7.20. The molecule has 0 unspecified atom stereocenters. The number of rotatable bonds is 6. The summed E-state index contributed by atoms with van der Waals surface area (Å²) in [6.07, 6.45) is 3.70. The van der Waals surface area contributed by atoms with Crippen LogP contribution in [0.1, 0.15) is 32.1 Å². The van der Waals surface area contributed by atoms with Gasteiger partial charge in [0.25, 0.3) is 6.43 Å². The van der Waals surface area contributed by atoms with Crippen LogP contribution in [-0.2, 0) is 9.53 Å². The summed E-state index contributed by atoms with van der Waals surface area (Å²) in [7, 11) is 0. The Morgan fingerprint density at radius 3 is 2.87 bits per heavy atom. The summed E-state index contributed by atoms with van der Waals surface area (Å²) in [5.74, 6) is 0.0453. The normalized spacial score (nSPS) is 16.6. The predicted molar refractivity (Wildman–Crippen MR) is 53.0 cm³/mol. The minimum atomic E-state index is -2.45. The fourth-order valence-electron chi connectivity index (χ4n) is 1.59. The van der Waals surface area contributed by atoms with Gasteiger partial charge in [0.2, 0.25) is 0 Å². The first kappa shape index (κ1) is 12.3. The minimum Gasteiger partial charge on any atom is -0.375 e. The summed E-state index contributed by atoms with van der Waals surface area (Å²) in [5.41, 5.74) is 0.849. The Labute approximate surface area is 88.3 Å². The average molecular weight is 218 g/mol. The van der Waals surface area contributed by atoms with E-state index >= 15 is 0 Å². The molecule has 0 radical (unpaired) electrons. The Hall–Kier alpha value is -0.770. The van der Waals surface area contributed by atoms with E-state index in [2.05, 4.69) is 4.74 Å². The van der Waals surface area contributed by atoms with Crippen LogP contribution >= 0.6 is 0 Å². The van der Waals surface area contributed by atoms with Crippen molar-refractivity contribution in [1.82, 2.24) is 0 Å². The van der Waals surface area contributed by atoms with Crippen molar-refractivity contribution in [2.24, 2.45) is 0 Å². The van der Waals surface area contributed by atoms with Crippen LogP contribution in [-0.4, -0.2) is 25.4 Å². The van der Waals surface area contributed by atoms with Gasteiger partial charge in [-0.2, -0.15) is 0 Å². The van der Waals surface area contributed by atoms with Crippen LogP contribution < -0.4 is 0 Å². The smallest absolute Gasteiger partial charge is 0.261 e. The third kappa shape index (κ3) is 5.02. The third-order valence-corrected chi connectivity index (χ3v) is 2.37. The molecular weight excluding hydrogens is 202 g/mol.